The third-order valence-electron chi connectivity index (χ3n) is 8.38. The normalized spacial score (nSPS) is 16.4. The number of benzene rings is 1. The summed E-state index contributed by atoms with van der Waals surface area (Å²) >= 11 is 1.59. The lowest BCUT2D eigenvalue weighted by Gasteiger charge is -2.28. The zero-order chi connectivity index (χ0) is 32.3. The molecule has 0 aliphatic carbocycles. The van der Waals surface area contributed by atoms with Crippen LogP contribution >= 0.6 is 36.2 Å². The van der Waals surface area contributed by atoms with Crippen molar-refractivity contribution >= 4 is 48.0 Å². The highest BCUT2D eigenvalue weighted by atomic mass is 35.5. The molecular formula is C34H51Cl2N5O5S. The predicted molar refractivity (Wildman–Crippen MR) is 190 cm³/mol. The second-order valence-electron chi connectivity index (χ2n) is 12.4. The van der Waals surface area contributed by atoms with Crippen LogP contribution in [0.5, 0.6) is 5.75 Å². The number of aryl methyl sites for hydroxylation is 2. The van der Waals surface area contributed by atoms with Gasteiger partial charge in [0, 0.05) is 31.1 Å². The molecule has 1 aromatic carbocycles. The predicted octanol–water partition coefficient (Wildman–Crippen LogP) is 6.34. The van der Waals surface area contributed by atoms with E-state index in [4.69, 9.17) is 15.0 Å². The molecule has 0 radical (unpaired) electrons. The van der Waals surface area contributed by atoms with Crippen LogP contribution < -0.4 is 15.8 Å². The summed E-state index contributed by atoms with van der Waals surface area (Å²) in [5, 5.41) is 17.5. The summed E-state index contributed by atoms with van der Waals surface area (Å²) in [6.07, 6.45) is 7.33. The molecule has 0 saturated carbocycles. The summed E-state index contributed by atoms with van der Waals surface area (Å²) < 4.78 is 11.7. The molecule has 47 heavy (non-hydrogen) atoms. The number of nitrogens with two attached hydrogens (primary N) is 1. The van der Waals surface area contributed by atoms with Crippen molar-refractivity contribution in [1.82, 2.24) is 20.4 Å². The summed E-state index contributed by atoms with van der Waals surface area (Å²) in [7, 11) is 0. The van der Waals surface area contributed by atoms with Crippen LogP contribution in [0.25, 0.3) is 10.4 Å². The highest BCUT2D eigenvalue weighted by molar-refractivity contribution is 7.13. The number of carbonyl (C=O) groups excluding carboxylic acids is 2. The number of aromatic nitrogens is 2. The first kappa shape index (κ1) is 40.5. The molecule has 1 aliphatic heterocycles. The largest absolute Gasteiger partial charge is 0.493 e. The van der Waals surface area contributed by atoms with Gasteiger partial charge in [0.2, 0.25) is 11.8 Å². The maximum Gasteiger partial charge on any atom is 0.243 e. The van der Waals surface area contributed by atoms with Crippen molar-refractivity contribution in [2.75, 3.05) is 19.7 Å². The number of hydrogen-bond donors (Lipinski definition) is 3. The number of ether oxygens (including phenoxy) is 1. The van der Waals surface area contributed by atoms with Crippen molar-refractivity contribution in [3.8, 4) is 16.2 Å². The van der Waals surface area contributed by atoms with Crippen LogP contribution in [0.2, 0.25) is 0 Å². The zero-order valence-corrected chi connectivity index (χ0v) is 30.4. The number of thiazole rings is 1. The number of amides is 2. The molecule has 1 saturated heterocycles. The minimum Gasteiger partial charge on any atom is -0.493 e. The minimum absolute atomic E-state index is 0. The first-order chi connectivity index (χ1) is 21.7. The fourth-order valence-electron chi connectivity index (χ4n) is 5.92. The second kappa shape index (κ2) is 20.0. The van der Waals surface area contributed by atoms with Gasteiger partial charge in [-0.25, -0.2) is 4.98 Å². The highest BCUT2D eigenvalue weighted by Crippen LogP contribution is 2.33. The van der Waals surface area contributed by atoms with Crippen molar-refractivity contribution in [2.45, 2.75) is 104 Å². The monoisotopic (exact) mass is 711 g/mol. The van der Waals surface area contributed by atoms with Gasteiger partial charge in [-0.1, -0.05) is 63.2 Å². The number of hydrogen-bond acceptors (Lipinski definition) is 9. The Bertz CT molecular complexity index is 1400. The highest BCUT2D eigenvalue weighted by Gasteiger charge is 2.43. The first-order valence-corrected chi connectivity index (χ1v) is 17.1. The number of halogens is 2. The van der Waals surface area contributed by atoms with Crippen LogP contribution in [0.15, 0.2) is 34.3 Å². The van der Waals surface area contributed by atoms with E-state index >= 15 is 0 Å². The van der Waals surface area contributed by atoms with E-state index in [2.05, 4.69) is 15.5 Å². The number of nitrogens with one attached hydrogen (secondary N) is 1. The fraction of sp³-hybridized carbons (Fsp3) is 0.588. The van der Waals surface area contributed by atoms with Gasteiger partial charge < -0.3 is 30.3 Å². The van der Waals surface area contributed by atoms with E-state index in [9.17, 15) is 14.7 Å². The molecule has 4 N–H and O–H groups in total. The van der Waals surface area contributed by atoms with E-state index in [1.807, 2.05) is 44.5 Å². The summed E-state index contributed by atoms with van der Waals surface area (Å²) in [6, 6.07) is 7.00. The molecule has 3 heterocycles. The molecule has 4 rings (SSSR count). The van der Waals surface area contributed by atoms with Crippen LogP contribution in [-0.4, -0.2) is 63.8 Å². The third kappa shape index (κ3) is 11.2. The minimum atomic E-state index is -0.786. The van der Waals surface area contributed by atoms with Crippen LogP contribution in [0.3, 0.4) is 0 Å². The Balaban J connectivity index is 0.00000384. The molecule has 262 valence electrons. The number of aliphatic hydroxyl groups is 1. The molecular weight excluding hydrogens is 661 g/mol. The van der Waals surface area contributed by atoms with Gasteiger partial charge >= 0.3 is 0 Å². The smallest absolute Gasteiger partial charge is 0.243 e. The average Bonchev–Trinajstić information content (AvgIpc) is 3.74. The number of rotatable bonds is 17. The standard InChI is InChI=1S/C34H49N5O5S.2ClH/c1-22(2)31(30-16-23(3)38-44-30)34(42)39-20-27(40)18-28(39)33(41)36-19-26-13-12-25(32-24(4)37-21-45-32)17-29(26)43-15-11-9-7-5-6-8-10-14-35;;/h12-13,16-17,21-22,27-28,31,40H,5-11,14-15,18-20,35H2,1-4H3,(H,36,41);2*1H/t27-,28+,31?;;/m1../s1. The van der Waals surface area contributed by atoms with E-state index in [0.717, 1.165) is 53.3 Å². The number of aliphatic hydroxyl groups excluding tert-OH is 1. The summed E-state index contributed by atoms with van der Waals surface area (Å²) in [4.78, 5) is 34.3. The number of β-amino-alcohol motifs (C(OH)–C–C–N with tert-alkyl or cyclic N) is 1. The molecule has 0 spiro atoms. The Labute approximate surface area is 295 Å². The lowest BCUT2D eigenvalue weighted by atomic mass is 9.91. The van der Waals surface area contributed by atoms with Crippen LogP contribution in [0.1, 0.15) is 93.8 Å². The Morgan fingerprint density at radius 2 is 1.81 bits per heavy atom. The SMILES string of the molecule is Cc1cc(C(C(=O)N2C[C@H](O)C[C@H]2C(=O)NCc2ccc(-c3scnc3C)cc2OCCCCCCCCCN)C(C)C)on1.Cl.Cl. The van der Waals surface area contributed by atoms with E-state index in [1.54, 1.807) is 24.3 Å². The van der Waals surface area contributed by atoms with Crippen molar-refractivity contribution in [3.05, 3.63) is 52.5 Å². The van der Waals surface area contributed by atoms with Gasteiger partial charge in [-0.3, -0.25) is 9.59 Å². The lowest BCUT2D eigenvalue weighted by molar-refractivity contribution is -0.141. The molecule has 0 bridgehead atoms. The Hall–Kier alpha value is -2.70. The van der Waals surface area contributed by atoms with E-state index < -0.39 is 18.1 Å². The van der Waals surface area contributed by atoms with E-state index in [0.29, 0.717) is 18.1 Å². The second-order valence-corrected chi connectivity index (χ2v) is 13.3. The molecule has 1 fully saturated rings. The number of nitrogens with zero attached hydrogens (tertiary/aromatic N) is 3. The number of unbranched alkanes of at least 4 members (excludes halogenated alkanes) is 6. The van der Waals surface area contributed by atoms with E-state index in [-0.39, 0.29) is 62.1 Å². The summed E-state index contributed by atoms with van der Waals surface area (Å²) in [6.45, 7) is 9.35. The van der Waals surface area contributed by atoms with Gasteiger partial charge in [-0.05, 0) is 50.8 Å². The molecule has 1 unspecified atom stereocenters. The summed E-state index contributed by atoms with van der Waals surface area (Å²) in [5.74, 6) is -0.0331. The van der Waals surface area contributed by atoms with Gasteiger partial charge in [0.25, 0.3) is 0 Å². The molecule has 3 aromatic rings. The molecule has 2 amide bonds. The molecule has 13 heteroatoms. The van der Waals surface area contributed by atoms with Crippen molar-refractivity contribution in [2.24, 2.45) is 11.7 Å². The van der Waals surface area contributed by atoms with Gasteiger partial charge in [0.05, 0.1) is 34.5 Å². The third-order valence-corrected chi connectivity index (χ3v) is 9.36. The van der Waals surface area contributed by atoms with Crippen molar-refractivity contribution < 1.29 is 24.0 Å². The van der Waals surface area contributed by atoms with Gasteiger partial charge in [-0.15, -0.1) is 36.2 Å². The molecule has 2 aromatic heterocycles. The van der Waals surface area contributed by atoms with Gasteiger partial charge in [-0.2, -0.15) is 0 Å². The van der Waals surface area contributed by atoms with Gasteiger partial charge in [0.1, 0.15) is 23.5 Å². The summed E-state index contributed by atoms with van der Waals surface area (Å²) in [5.41, 5.74) is 11.0. The zero-order valence-electron chi connectivity index (χ0n) is 27.9. The van der Waals surface area contributed by atoms with Gasteiger partial charge in [0.15, 0.2) is 0 Å². The maximum absolute atomic E-state index is 13.7. The Morgan fingerprint density at radius 3 is 2.43 bits per heavy atom. The average molecular weight is 713 g/mol. The molecule has 10 nitrogen and oxygen atoms in total. The Morgan fingerprint density at radius 1 is 1.11 bits per heavy atom. The van der Waals surface area contributed by atoms with Crippen LogP contribution in [0.4, 0.5) is 0 Å². The van der Waals surface area contributed by atoms with Crippen LogP contribution in [-0.2, 0) is 16.1 Å². The number of likely N-dealkylation sites (tertiary alicyclic amines) is 1. The number of carbonyl (C=O) groups is 2. The van der Waals surface area contributed by atoms with E-state index in [1.165, 1.54) is 30.6 Å². The van der Waals surface area contributed by atoms with Crippen molar-refractivity contribution in [3.63, 3.8) is 0 Å². The molecule has 3 atom stereocenters. The lowest BCUT2D eigenvalue weighted by Crippen LogP contribution is -2.48. The van der Waals surface area contributed by atoms with Crippen LogP contribution in [0, 0.1) is 19.8 Å². The quantitative estimate of drug-likeness (QED) is 0.138. The molecule has 1 aliphatic rings. The fourth-order valence-corrected chi connectivity index (χ4v) is 6.72. The maximum atomic E-state index is 13.7. The van der Waals surface area contributed by atoms with Crippen molar-refractivity contribution in [1.29, 1.82) is 0 Å². The first-order valence-electron chi connectivity index (χ1n) is 16.2. The Kier molecular flexibility index (Phi) is 17.2. The topological polar surface area (TPSA) is 144 Å².